The van der Waals surface area contributed by atoms with Crippen LogP contribution in [-0.4, -0.2) is 57.6 Å². The van der Waals surface area contributed by atoms with E-state index in [1.807, 2.05) is 37.3 Å². The van der Waals surface area contributed by atoms with Gasteiger partial charge in [0.15, 0.2) is 0 Å². The van der Waals surface area contributed by atoms with Crippen LogP contribution in [-0.2, 0) is 26.2 Å². The second kappa shape index (κ2) is 12.6. The molecule has 10 heteroatoms. The van der Waals surface area contributed by atoms with Crippen molar-refractivity contribution in [2.45, 2.75) is 39.3 Å². The lowest BCUT2D eigenvalue weighted by Gasteiger charge is -2.32. The fraction of sp³-hybridized carbons (Fsp3) is 0.417. The van der Waals surface area contributed by atoms with Crippen LogP contribution in [0.5, 0.6) is 5.75 Å². The maximum atomic E-state index is 13.5. The largest absolute Gasteiger partial charge is 0.495 e. The molecule has 186 valence electrons. The molecule has 34 heavy (non-hydrogen) atoms. The van der Waals surface area contributed by atoms with Gasteiger partial charge in [0.25, 0.3) is 0 Å². The Morgan fingerprint density at radius 1 is 1.15 bits per heavy atom. The van der Waals surface area contributed by atoms with Gasteiger partial charge in [-0.05, 0) is 37.1 Å². The first-order valence-electron chi connectivity index (χ1n) is 11.0. The van der Waals surface area contributed by atoms with E-state index in [1.165, 1.54) is 24.1 Å². The summed E-state index contributed by atoms with van der Waals surface area (Å²) in [6.45, 7) is 3.78. The van der Waals surface area contributed by atoms with E-state index in [0.29, 0.717) is 11.6 Å². The molecule has 2 aromatic carbocycles. The molecule has 0 unspecified atom stereocenters. The Morgan fingerprint density at radius 2 is 1.82 bits per heavy atom. The number of nitrogens with one attached hydrogen (secondary N) is 1. The average molecular weight is 510 g/mol. The number of unbranched alkanes of at least 4 members (excludes halogenated alkanes) is 1. The van der Waals surface area contributed by atoms with Crippen LogP contribution in [0.25, 0.3) is 0 Å². The third-order valence-electron chi connectivity index (χ3n) is 5.28. The van der Waals surface area contributed by atoms with Gasteiger partial charge in [0.1, 0.15) is 18.3 Å². The summed E-state index contributed by atoms with van der Waals surface area (Å²) in [5, 5.41) is 3.14. The first-order valence-corrected chi connectivity index (χ1v) is 13.2. The van der Waals surface area contributed by atoms with Crippen molar-refractivity contribution in [2.24, 2.45) is 0 Å². The molecule has 1 atom stereocenters. The van der Waals surface area contributed by atoms with Crippen molar-refractivity contribution < 1.29 is 22.7 Å². The molecule has 0 heterocycles. The second-order valence-corrected chi connectivity index (χ2v) is 10.3. The van der Waals surface area contributed by atoms with Crippen molar-refractivity contribution in [1.29, 1.82) is 0 Å². The Balaban J connectivity index is 2.39. The van der Waals surface area contributed by atoms with Crippen molar-refractivity contribution in [2.75, 3.05) is 30.8 Å². The molecule has 0 saturated carbocycles. The van der Waals surface area contributed by atoms with Gasteiger partial charge in [0.2, 0.25) is 21.8 Å². The highest BCUT2D eigenvalue weighted by Crippen LogP contribution is 2.33. The number of benzene rings is 2. The number of methoxy groups -OCH3 is 1. The second-order valence-electron chi connectivity index (χ2n) is 7.91. The third kappa shape index (κ3) is 7.63. The van der Waals surface area contributed by atoms with Gasteiger partial charge in [0, 0.05) is 18.1 Å². The lowest BCUT2D eigenvalue weighted by atomic mass is 10.1. The van der Waals surface area contributed by atoms with Gasteiger partial charge in [-0.1, -0.05) is 55.3 Å². The van der Waals surface area contributed by atoms with Crippen molar-refractivity contribution >= 4 is 39.1 Å². The number of halogens is 1. The summed E-state index contributed by atoms with van der Waals surface area (Å²) in [7, 11) is -2.48. The van der Waals surface area contributed by atoms with Crippen LogP contribution in [0.4, 0.5) is 5.69 Å². The van der Waals surface area contributed by atoms with Gasteiger partial charge in [-0.2, -0.15) is 0 Å². The molecule has 0 spiro atoms. The standard InChI is InChI=1S/C24H32ClN3O5S/c1-5-6-14-26-24(30)18(2)27(16-19-10-8-7-9-11-19)23(29)17-28(34(4,31)32)21-15-20(25)12-13-22(21)33-3/h7-13,15,18H,5-6,14,16-17H2,1-4H3,(H,26,30)/t18-/m1/s1. The predicted octanol–water partition coefficient (Wildman–Crippen LogP) is 3.45. The molecule has 0 aliphatic heterocycles. The van der Waals surface area contributed by atoms with Crippen LogP contribution < -0.4 is 14.4 Å². The molecule has 0 aliphatic rings. The number of anilines is 1. The van der Waals surface area contributed by atoms with Gasteiger partial charge in [-0.15, -0.1) is 0 Å². The highest BCUT2D eigenvalue weighted by atomic mass is 35.5. The smallest absolute Gasteiger partial charge is 0.244 e. The first-order chi connectivity index (χ1) is 16.1. The minimum absolute atomic E-state index is 0.144. The third-order valence-corrected chi connectivity index (χ3v) is 6.64. The van der Waals surface area contributed by atoms with Gasteiger partial charge < -0.3 is 15.0 Å². The zero-order valence-electron chi connectivity index (χ0n) is 20.0. The lowest BCUT2D eigenvalue weighted by molar-refractivity contribution is -0.139. The molecule has 0 aliphatic carbocycles. The number of carbonyl (C=O) groups is 2. The van der Waals surface area contributed by atoms with Gasteiger partial charge in [0.05, 0.1) is 19.1 Å². The fourth-order valence-electron chi connectivity index (χ4n) is 3.35. The summed E-state index contributed by atoms with van der Waals surface area (Å²) in [4.78, 5) is 27.7. The van der Waals surface area contributed by atoms with E-state index in [1.54, 1.807) is 13.0 Å². The zero-order valence-corrected chi connectivity index (χ0v) is 21.5. The number of amides is 2. The molecular weight excluding hydrogens is 478 g/mol. The topological polar surface area (TPSA) is 96.0 Å². The molecule has 0 aromatic heterocycles. The minimum atomic E-state index is -3.89. The quantitative estimate of drug-likeness (QED) is 0.442. The highest BCUT2D eigenvalue weighted by Gasteiger charge is 2.31. The van der Waals surface area contributed by atoms with Crippen molar-refractivity contribution in [3.63, 3.8) is 0 Å². The maximum Gasteiger partial charge on any atom is 0.244 e. The normalized spacial score (nSPS) is 12.0. The maximum absolute atomic E-state index is 13.5. The van der Waals surface area contributed by atoms with E-state index in [4.69, 9.17) is 16.3 Å². The van der Waals surface area contributed by atoms with E-state index in [2.05, 4.69) is 5.32 Å². The molecule has 2 aromatic rings. The van der Waals surface area contributed by atoms with Crippen molar-refractivity contribution in [3.8, 4) is 5.75 Å². The van der Waals surface area contributed by atoms with E-state index >= 15 is 0 Å². The number of nitrogens with zero attached hydrogens (tertiary/aromatic N) is 2. The summed E-state index contributed by atoms with van der Waals surface area (Å²) in [6, 6.07) is 12.9. The van der Waals surface area contributed by atoms with Crippen molar-refractivity contribution in [3.05, 3.63) is 59.1 Å². The Bertz CT molecular complexity index is 1080. The van der Waals surface area contributed by atoms with Gasteiger partial charge in [-0.3, -0.25) is 13.9 Å². The Kier molecular flexibility index (Phi) is 10.2. The van der Waals surface area contributed by atoms with Crippen LogP contribution in [0.1, 0.15) is 32.3 Å². The first kappa shape index (κ1) is 27.5. The summed E-state index contributed by atoms with van der Waals surface area (Å²) in [5.41, 5.74) is 0.959. The molecule has 2 amide bonds. The van der Waals surface area contributed by atoms with Crippen LogP contribution in [0, 0.1) is 0 Å². The van der Waals surface area contributed by atoms with E-state index < -0.39 is 28.5 Å². The van der Waals surface area contributed by atoms with Crippen molar-refractivity contribution in [1.82, 2.24) is 10.2 Å². The summed E-state index contributed by atoms with van der Waals surface area (Å²) < 4.78 is 31.6. The Hall–Kier alpha value is -2.78. The number of hydrogen-bond donors (Lipinski definition) is 1. The molecule has 1 N–H and O–H groups in total. The van der Waals surface area contributed by atoms with Gasteiger partial charge >= 0.3 is 0 Å². The Morgan fingerprint density at radius 3 is 2.41 bits per heavy atom. The van der Waals surface area contributed by atoms with E-state index in [0.717, 1.165) is 29.0 Å². The molecule has 0 radical (unpaired) electrons. The average Bonchev–Trinajstić information content (AvgIpc) is 2.80. The molecule has 2 rings (SSSR count). The number of rotatable bonds is 12. The zero-order chi connectivity index (χ0) is 25.3. The summed E-state index contributed by atoms with van der Waals surface area (Å²) >= 11 is 6.10. The molecule has 0 bridgehead atoms. The predicted molar refractivity (Wildman–Crippen MR) is 135 cm³/mol. The molecule has 8 nitrogen and oxygen atoms in total. The minimum Gasteiger partial charge on any atom is -0.495 e. The van der Waals surface area contributed by atoms with E-state index in [-0.39, 0.29) is 23.9 Å². The monoisotopic (exact) mass is 509 g/mol. The Labute approximate surface area is 206 Å². The number of sulfonamides is 1. The summed E-state index contributed by atoms with van der Waals surface area (Å²) in [6.07, 6.45) is 2.75. The molecule has 0 fully saturated rings. The van der Waals surface area contributed by atoms with Crippen LogP contribution in [0.15, 0.2) is 48.5 Å². The van der Waals surface area contributed by atoms with Crippen LogP contribution in [0.3, 0.4) is 0 Å². The summed E-state index contributed by atoms with van der Waals surface area (Å²) in [5.74, 6) is -0.582. The number of ether oxygens (including phenoxy) is 1. The van der Waals surface area contributed by atoms with Crippen LogP contribution in [0.2, 0.25) is 5.02 Å². The SMILES string of the molecule is CCCCNC(=O)[C@@H](C)N(Cc1ccccc1)C(=O)CN(c1cc(Cl)ccc1OC)S(C)(=O)=O. The lowest BCUT2D eigenvalue weighted by Crippen LogP contribution is -2.51. The number of carbonyl (C=O) groups excluding carboxylic acids is 2. The number of hydrogen-bond acceptors (Lipinski definition) is 5. The molecular formula is C24H32ClN3O5S. The molecule has 0 saturated heterocycles. The van der Waals surface area contributed by atoms with E-state index in [9.17, 15) is 18.0 Å². The highest BCUT2D eigenvalue weighted by molar-refractivity contribution is 7.92. The fourth-order valence-corrected chi connectivity index (χ4v) is 4.36. The van der Waals surface area contributed by atoms with Gasteiger partial charge in [-0.25, -0.2) is 8.42 Å². The van der Waals surface area contributed by atoms with Crippen LogP contribution >= 0.6 is 11.6 Å².